The minimum atomic E-state index is 0.000975. The van der Waals surface area contributed by atoms with Gasteiger partial charge in [-0.1, -0.05) is 12.1 Å². The van der Waals surface area contributed by atoms with Crippen molar-refractivity contribution < 1.29 is 9.84 Å². The van der Waals surface area contributed by atoms with Gasteiger partial charge in [-0.3, -0.25) is 0 Å². The summed E-state index contributed by atoms with van der Waals surface area (Å²) in [6, 6.07) is 7.64. The van der Waals surface area contributed by atoms with Gasteiger partial charge in [-0.25, -0.2) is 4.68 Å². The summed E-state index contributed by atoms with van der Waals surface area (Å²) in [6.45, 7) is 1.87. The molecule has 1 aromatic heterocycles. The average Bonchev–Trinajstić information content (AvgIpc) is 2.70. The fourth-order valence-electron chi connectivity index (χ4n) is 1.59. The molecule has 4 nitrogen and oxygen atoms in total. The highest BCUT2D eigenvalue weighted by molar-refractivity contribution is 5.46. The third-order valence-electron chi connectivity index (χ3n) is 2.50. The van der Waals surface area contributed by atoms with Gasteiger partial charge < -0.3 is 9.84 Å². The largest absolute Gasteiger partial charge is 0.494 e. The highest BCUT2D eigenvalue weighted by Crippen LogP contribution is 2.22. The number of ether oxygens (including phenoxy) is 1. The Morgan fingerprint density at radius 2 is 2.12 bits per heavy atom. The Bertz CT molecular complexity index is 492. The second kappa shape index (κ2) is 4.37. The van der Waals surface area contributed by atoms with Crippen molar-refractivity contribution in [3.05, 3.63) is 41.7 Å². The zero-order chi connectivity index (χ0) is 11.5. The number of aryl methyl sites for hydroxylation is 1. The van der Waals surface area contributed by atoms with E-state index in [0.29, 0.717) is 0 Å². The fraction of sp³-hybridized carbons (Fsp3) is 0.250. The van der Waals surface area contributed by atoms with Crippen LogP contribution in [-0.4, -0.2) is 22.0 Å². The van der Waals surface area contributed by atoms with Crippen molar-refractivity contribution in [2.45, 2.75) is 13.5 Å². The van der Waals surface area contributed by atoms with Crippen molar-refractivity contribution in [2.24, 2.45) is 0 Å². The lowest BCUT2D eigenvalue weighted by molar-refractivity contribution is 0.281. The molecule has 16 heavy (non-hydrogen) atoms. The van der Waals surface area contributed by atoms with Gasteiger partial charge >= 0.3 is 0 Å². The predicted octanol–water partition coefficient (Wildman–Crippen LogP) is 1.68. The number of nitrogens with zero attached hydrogens (tertiary/aromatic N) is 2. The highest BCUT2D eigenvalue weighted by Gasteiger charge is 2.08. The van der Waals surface area contributed by atoms with Crippen LogP contribution in [0.15, 0.2) is 30.5 Å². The molecule has 1 aromatic carbocycles. The van der Waals surface area contributed by atoms with Gasteiger partial charge in [0.25, 0.3) is 0 Å². The minimum Gasteiger partial charge on any atom is -0.494 e. The number of methoxy groups -OCH3 is 1. The van der Waals surface area contributed by atoms with Crippen molar-refractivity contribution in [3.8, 4) is 11.4 Å². The molecule has 0 spiro atoms. The average molecular weight is 218 g/mol. The first-order valence-electron chi connectivity index (χ1n) is 5.05. The Labute approximate surface area is 94.1 Å². The van der Waals surface area contributed by atoms with E-state index in [1.54, 1.807) is 11.8 Å². The first-order chi connectivity index (χ1) is 7.76. The fourth-order valence-corrected chi connectivity index (χ4v) is 1.59. The maximum Gasteiger partial charge on any atom is 0.144 e. The van der Waals surface area contributed by atoms with Crippen molar-refractivity contribution in [1.29, 1.82) is 0 Å². The van der Waals surface area contributed by atoms with Crippen LogP contribution in [0.4, 0.5) is 0 Å². The van der Waals surface area contributed by atoms with E-state index in [-0.39, 0.29) is 6.61 Å². The molecule has 2 rings (SSSR count). The number of aliphatic hydroxyl groups excluding tert-OH is 1. The summed E-state index contributed by atoms with van der Waals surface area (Å²) in [5.41, 5.74) is 2.52. The number of aromatic nitrogens is 2. The zero-order valence-corrected chi connectivity index (χ0v) is 9.34. The smallest absolute Gasteiger partial charge is 0.144 e. The molecule has 1 N–H and O–H groups in total. The molecule has 0 saturated carbocycles. The maximum absolute atomic E-state index is 9.12. The Morgan fingerprint density at radius 1 is 1.38 bits per heavy atom. The summed E-state index contributed by atoms with van der Waals surface area (Å²) >= 11 is 0. The van der Waals surface area contributed by atoms with Crippen LogP contribution >= 0.6 is 0 Å². The van der Waals surface area contributed by atoms with Gasteiger partial charge in [-0.15, -0.1) is 0 Å². The second-order valence-corrected chi connectivity index (χ2v) is 3.51. The molecule has 0 amide bonds. The van der Waals surface area contributed by atoms with Gasteiger partial charge in [-0.05, 0) is 19.1 Å². The van der Waals surface area contributed by atoms with Crippen LogP contribution in [0.5, 0.6) is 5.75 Å². The van der Waals surface area contributed by atoms with Gasteiger partial charge in [0, 0.05) is 11.8 Å². The normalized spacial score (nSPS) is 10.4. The van der Waals surface area contributed by atoms with E-state index in [4.69, 9.17) is 9.84 Å². The molecule has 0 atom stereocenters. The summed E-state index contributed by atoms with van der Waals surface area (Å²) in [7, 11) is 1.63. The standard InChI is InChI=1S/C12H14N2O2/c1-9-10(8-15)7-14(13-9)11-5-3-4-6-12(11)16-2/h3-7,15H,8H2,1-2H3. The van der Waals surface area contributed by atoms with E-state index in [1.807, 2.05) is 37.4 Å². The predicted molar refractivity (Wildman–Crippen MR) is 60.8 cm³/mol. The number of aliphatic hydroxyl groups is 1. The number of hydrogen-bond donors (Lipinski definition) is 1. The molecule has 0 aliphatic rings. The van der Waals surface area contributed by atoms with Gasteiger partial charge in [0.05, 0.1) is 19.4 Å². The summed E-state index contributed by atoms with van der Waals surface area (Å²) in [6.07, 6.45) is 1.81. The molecular formula is C12H14N2O2. The molecule has 1 heterocycles. The number of rotatable bonds is 3. The Kier molecular flexibility index (Phi) is 2.92. The summed E-state index contributed by atoms with van der Waals surface area (Å²) in [5.74, 6) is 0.759. The van der Waals surface area contributed by atoms with Crippen LogP contribution in [0.3, 0.4) is 0 Å². The van der Waals surface area contributed by atoms with Crippen LogP contribution < -0.4 is 4.74 Å². The maximum atomic E-state index is 9.12. The van der Waals surface area contributed by atoms with Gasteiger partial charge in [0.2, 0.25) is 0 Å². The van der Waals surface area contributed by atoms with Crippen molar-refractivity contribution in [3.63, 3.8) is 0 Å². The summed E-state index contributed by atoms with van der Waals surface area (Å²) in [4.78, 5) is 0. The molecule has 2 aromatic rings. The van der Waals surface area contributed by atoms with Crippen molar-refractivity contribution in [2.75, 3.05) is 7.11 Å². The van der Waals surface area contributed by atoms with Crippen LogP contribution in [-0.2, 0) is 6.61 Å². The van der Waals surface area contributed by atoms with E-state index in [1.165, 1.54) is 0 Å². The van der Waals surface area contributed by atoms with Gasteiger partial charge in [0.15, 0.2) is 0 Å². The number of para-hydroxylation sites is 2. The SMILES string of the molecule is COc1ccccc1-n1cc(CO)c(C)n1. The Balaban J connectivity index is 2.49. The Morgan fingerprint density at radius 3 is 2.75 bits per heavy atom. The van der Waals surface area contributed by atoms with Crippen LogP contribution in [0.2, 0.25) is 0 Å². The minimum absolute atomic E-state index is 0.000975. The molecule has 0 aliphatic heterocycles. The van der Waals surface area contributed by atoms with Gasteiger partial charge in [-0.2, -0.15) is 5.10 Å². The first-order valence-corrected chi connectivity index (χ1v) is 5.05. The lowest BCUT2D eigenvalue weighted by Gasteiger charge is -2.07. The first kappa shape index (κ1) is 10.7. The zero-order valence-electron chi connectivity index (χ0n) is 9.34. The topological polar surface area (TPSA) is 47.3 Å². The number of hydrogen-bond acceptors (Lipinski definition) is 3. The molecule has 4 heteroatoms. The van der Waals surface area contributed by atoms with Crippen LogP contribution in [0.25, 0.3) is 5.69 Å². The van der Waals surface area contributed by atoms with Crippen molar-refractivity contribution >= 4 is 0 Å². The molecular weight excluding hydrogens is 204 g/mol. The monoisotopic (exact) mass is 218 g/mol. The van der Waals surface area contributed by atoms with E-state index >= 15 is 0 Å². The van der Waals surface area contributed by atoms with Crippen LogP contribution in [0.1, 0.15) is 11.3 Å². The quantitative estimate of drug-likeness (QED) is 0.852. The molecule has 0 unspecified atom stereocenters. The molecule has 0 radical (unpaired) electrons. The Hall–Kier alpha value is -1.81. The molecule has 0 saturated heterocycles. The lowest BCUT2D eigenvalue weighted by Crippen LogP contribution is -1.98. The van der Waals surface area contributed by atoms with Crippen LogP contribution in [0, 0.1) is 6.92 Å². The highest BCUT2D eigenvalue weighted by atomic mass is 16.5. The van der Waals surface area contributed by atoms with E-state index in [0.717, 1.165) is 22.7 Å². The third-order valence-corrected chi connectivity index (χ3v) is 2.50. The second-order valence-electron chi connectivity index (χ2n) is 3.51. The van der Waals surface area contributed by atoms with E-state index in [9.17, 15) is 0 Å². The van der Waals surface area contributed by atoms with Crippen molar-refractivity contribution in [1.82, 2.24) is 9.78 Å². The molecule has 0 fully saturated rings. The number of benzene rings is 1. The molecule has 84 valence electrons. The summed E-state index contributed by atoms with van der Waals surface area (Å²) in [5, 5.41) is 13.5. The van der Waals surface area contributed by atoms with Gasteiger partial charge in [0.1, 0.15) is 11.4 Å². The molecule has 0 bridgehead atoms. The summed E-state index contributed by atoms with van der Waals surface area (Å²) < 4.78 is 6.98. The third kappa shape index (κ3) is 1.79. The lowest BCUT2D eigenvalue weighted by atomic mass is 10.3. The van der Waals surface area contributed by atoms with E-state index in [2.05, 4.69) is 5.10 Å². The van der Waals surface area contributed by atoms with E-state index < -0.39 is 0 Å². The molecule has 0 aliphatic carbocycles.